The van der Waals surface area contributed by atoms with Crippen molar-refractivity contribution in [2.75, 3.05) is 0 Å². The van der Waals surface area contributed by atoms with Gasteiger partial charge in [0.15, 0.2) is 5.58 Å². The summed E-state index contributed by atoms with van der Waals surface area (Å²) in [6, 6.07) is 11.5. The molecule has 1 heterocycles. The number of fused-ring (bicyclic) bond motifs is 1. The highest BCUT2D eigenvalue weighted by Crippen LogP contribution is 2.31. The molecule has 0 N–H and O–H groups in total. The molecule has 2 nitrogen and oxygen atoms in total. The van der Waals surface area contributed by atoms with E-state index in [-0.39, 0.29) is 0 Å². The van der Waals surface area contributed by atoms with E-state index in [1.807, 2.05) is 43.3 Å². The Bertz CT molecular complexity index is 736. The van der Waals surface area contributed by atoms with Crippen molar-refractivity contribution in [1.29, 1.82) is 0 Å². The van der Waals surface area contributed by atoms with Crippen LogP contribution in [0.3, 0.4) is 0 Å². The molecule has 4 heteroatoms. The summed E-state index contributed by atoms with van der Waals surface area (Å²) in [5.74, 6) is 0.582. The Hall–Kier alpha value is -1.32. The topological polar surface area (TPSA) is 26.0 Å². The Morgan fingerprint density at radius 3 is 2.83 bits per heavy atom. The van der Waals surface area contributed by atoms with Crippen LogP contribution in [0.5, 0.6) is 0 Å². The standard InChI is InChI=1S/C14H9BrClNO/c1-8-5-11(15)13-12(6-8)17-14(18-13)9-3-2-4-10(16)7-9/h2-7H,1H3. The number of aromatic nitrogens is 1. The third-order valence-corrected chi connectivity index (χ3v) is 3.48. The lowest BCUT2D eigenvalue weighted by atomic mass is 10.2. The SMILES string of the molecule is Cc1cc(Br)c2oc(-c3cccc(Cl)c3)nc2c1. The first-order valence-electron chi connectivity index (χ1n) is 5.46. The number of oxazole rings is 1. The van der Waals surface area contributed by atoms with Crippen molar-refractivity contribution in [1.82, 2.24) is 4.98 Å². The van der Waals surface area contributed by atoms with Gasteiger partial charge in [0, 0.05) is 10.6 Å². The first-order valence-corrected chi connectivity index (χ1v) is 6.63. The van der Waals surface area contributed by atoms with Gasteiger partial charge in [-0.3, -0.25) is 0 Å². The van der Waals surface area contributed by atoms with Crippen molar-refractivity contribution in [3.05, 3.63) is 51.5 Å². The zero-order chi connectivity index (χ0) is 12.7. The molecule has 0 spiro atoms. The Kier molecular flexibility index (Phi) is 2.88. The van der Waals surface area contributed by atoms with Crippen LogP contribution in [0.4, 0.5) is 0 Å². The summed E-state index contributed by atoms with van der Waals surface area (Å²) in [5.41, 5.74) is 3.62. The molecule has 90 valence electrons. The van der Waals surface area contributed by atoms with Gasteiger partial charge < -0.3 is 4.42 Å². The maximum Gasteiger partial charge on any atom is 0.227 e. The van der Waals surface area contributed by atoms with Crippen LogP contribution in [-0.2, 0) is 0 Å². The Labute approximate surface area is 118 Å². The summed E-state index contributed by atoms with van der Waals surface area (Å²) in [5, 5.41) is 0.671. The molecule has 0 radical (unpaired) electrons. The average Bonchev–Trinajstić information content (AvgIpc) is 2.73. The lowest BCUT2D eigenvalue weighted by Crippen LogP contribution is -1.76. The molecule has 2 aromatic carbocycles. The highest BCUT2D eigenvalue weighted by Gasteiger charge is 2.11. The number of halogens is 2. The highest BCUT2D eigenvalue weighted by atomic mass is 79.9. The molecule has 0 saturated carbocycles. The average molecular weight is 323 g/mol. The van der Waals surface area contributed by atoms with Gasteiger partial charge in [-0.2, -0.15) is 0 Å². The second-order valence-electron chi connectivity index (χ2n) is 4.12. The molecule has 0 aliphatic carbocycles. The Morgan fingerprint density at radius 1 is 1.22 bits per heavy atom. The highest BCUT2D eigenvalue weighted by molar-refractivity contribution is 9.10. The normalized spacial score (nSPS) is 11.1. The largest absolute Gasteiger partial charge is 0.435 e. The van der Waals surface area contributed by atoms with E-state index < -0.39 is 0 Å². The molecule has 0 atom stereocenters. The van der Waals surface area contributed by atoms with Crippen molar-refractivity contribution in [2.45, 2.75) is 6.92 Å². The first kappa shape index (κ1) is 11.8. The number of hydrogen-bond donors (Lipinski definition) is 0. The van der Waals surface area contributed by atoms with Crippen LogP contribution in [0.2, 0.25) is 5.02 Å². The van der Waals surface area contributed by atoms with Crippen molar-refractivity contribution in [2.24, 2.45) is 0 Å². The summed E-state index contributed by atoms with van der Waals surface area (Å²) >= 11 is 9.46. The predicted molar refractivity (Wildman–Crippen MR) is 76.9 cm³/mol. The van der Waals surface area contributed by atoms with E-state index in [9.17, 15) is 0 Å². The maximum atomic E-state index is 5.97. The van der Waals surface area contributed by atoms with E-state index in [2.05, 4.69) is 20.9 Å². The van der Waals surface area contributed by atoms with Gasteiger partial charge >= 0.3 is 0 Å². The lowest BCUT2D eigenvalue weighted by molar-refractivity contribution is 0.618. The van der Waals surface area contributed by atoms with E-state index in [1.165, 1.54) is 0 Å². The van der Waals surface area contributed by atoms with Gasteiger partial charge in [0.1, 0.15) is 5.52 Å². The molecule has 0 aliphatic heterocycles. The van der Waals surface area contributed by atoms with Crippen molar-refractivity contribution in [3.8, 4) is 11.5 Å². The minimum Gasteiger partial charge on any atom is -0.435 e. The molecule has 18 heavy (non-hydrogen) atoms. The van der Waals surface area contributed by atoms with Gasteiger partial charge in [0.05, 0.1) is 4.47 Å². The number of rotatable bonds is 1. The molecule has 3 aromatic rings. The Balaban J connectivity index is 2.22. The fourth-order valence-corrected chi connectivity index (χ4v) is 2.70. The van der Waals surface area contributed by atoms with Gasteiger partial charge in [-0.1, -0.05) is 17.7 Å². The van der Waals surface area contributed by atoms with Gasteiger partial charge in [0.2, 0.25) is 5.89 Å². The fourth-order valence-electron chi connectivity index (χ4n) is 1.87. The number of hydrogen-bond acceptors (Lipinski definition) is 2. The van der Waals surface area contributed by atoms with Gasteiger partial charge in [-0.15, -0.1) is 0 Å². The van der Waals surface area contributed by atoms with Gasteiger partial charge in [-0.25, -0.2) is 4.98 Å². The second-order valence-corrected chi connectivity index (χ2v) is 5.42. The first-order chi connectivity index (χ1) is 8.63. The van der Waals surface area contributed by atoms with Gasteiger partial charge in [-0.05, 0) is 58.7 Å². The molecule has 0 fully saturated rings. The summed E-state index contributed by atoms with van der Waals surface area (Å²) in [4.78, 5) is 4.49. The Morgan fingerprint density at radius 2 is 2.06 bits per heavy atom. The van der Waals surface area contributed by atoms with Crippen LogP contribution in [0, 0.1) is 6.92 Å². The molecule has 0 amide bonds. The second kappa shape index (κ2) is 4.41. The van der Waals surface area contributed by atoms with E-state index in [4.69, 9.17) is 16.0 Å². The predicted octanol–water partition coefficient (Wildman–Crippen LogP) is 5.22. The summed E-state index contributed by atoms with van der Waals surface area (Å²) < 4.78 is 6.69. The molecule has 0 unspecified atom stereocenters. The number of aryl methyl sites for hydroxylation is 1. The molecular formula is C14H9BrClNO. The molecular weight excluding hydrogens is 314 g/mol. The van der Waals surface area contributed by atoms with Crippen LogP contribution in [0.1, 0.15) is 5.56 Å². The molecule has 3 rings (SSSR count). The maximum absolute atomic E-state index is 5.97. The van der Waals surface area contributed by atoms with Crippen LogP contribution >= 0.6 is 27.5 Å². The summed E-state index contributed by atoms with van der Waals surface area (Å²) in [6.07, 6.45) is 0. The molecule has 0 saturated heterocycles. The van der Waals surface area contributed by atoms with E-state index >= 15 is 0 Å². The molecule has 0 aliphatic rings. The third-order valence-electron chi connectivity index (χ3n) is 2.66. The van der Waals surface area contributed by atoms with E-state index in [0.717, 1.165) is 26.7 Å². The van der Waals surface area contributed by atoms with Crippen molar-refractivity contribution < 1.29 is 4.42 Å². The molecule has 1 aromatic heterocycles. The van der Waals surface area contributed by atoms with Crippen LogP contribution in [-0.4, -0.2) is 4.98 Å². The van der Waals surface area contributed by atoms with E-state index in [1.54, 1.807) is 0 Å². The quantitative estimate of drug-likeness (QED) is 0.614. The molecule has 0 bridgehead atoms. The lowest BCUT2D eigenvalue weighted by Gasteiger charge is -1.95. The van der Waals surface area contributed by atoms with Crippen LogP contribution in [0.15, 0.2) is 45.3 Å². The van der Waals surface area contributed by atoms with E-state index in [0.29, 0.717) is 10.9 Å². The van der Waals surface area contributed by atoms with Crippen LogP contribution < -0.4 is 0 Å². The minimum absolute atomic E-state index is 0.582. The number of nitrogens with zero attached hydrogens (tertiary/aromatic N) is 1. The zero-order valence-corrected chi connectivity index (χ0v) is 11.9. The van der Waals surface area contributed by atoms with Crippen molar-refractivity contribution in [3.63, 3.8) is 0 Å². The number of benzene rings is 2. The zero-order valence-electron chi connectivity index (χ0n) is 9.58. The van der Waals surface area contributed by atoms with Crippen molar-refractivity contribution >= 4 is 38.6 Å². The van der Waals surface area contributed by atoms with Gasteiger partial charge in [0.25, 0.3) is 0 Å². The smallest absolute Gasteiger partial charge is 0.227 e. The monoisotopic (exact) mass is 321 g/mol. The minimum atomic E-state index is 0.582. The summed E-state index contributed by atoms with van der Waals surface area (Å²) in [6.45, 7) is 2.03. The summed E-state index contributed by atoms with van der Waals surface area (Å²) in [7, 11) is 0. The fraction of sp³-hybridized carbons (Fsp3) is 0.0714. The third kappa shape index (κ3) is 2.04. The van der Waals surface area contributed by atoms with Crippen LogP contribution in [0.25, 0.3) is 22.6 Å².